The Bertz CT molecular complexity index is 541. The number of halogens is 2. The molecule has 2 N–H and O–H groups in total. The van der Waals surface area contributed by atoms with Crippen molar-refractivity contribution >= 4 is 29.3 Å². The summed E-state index contributed by atoms with van der Waals surface area (Å²) in [6.45, 7) is 3.77. The molecule has 1 aromatic rings. The summed E-state index contributed by atoms with van der Waals surface area (Å²) in [7, 11) is 1.64. The number of amides is 2. The van der Waals surface area contributed by atoms with E-state index in [1.54, 1.807) is 30.1 Å². The summed E-state index contributed by atoms with van der Waals surface area (Å²) < 4.78 is 25.0. The van der Waals surface area contributed by atoms with Crippen molar-refractivity contribution in [2.24, 2.45) is 0 Å². The number of anilines is 1. The maximum absolute atomic E-state index is 12.5. The average molecular weight is 345 g/mol. The van der Waals surface area contributed by atoms with Crippen molar-refractivity contribution in [3.8, 4) is 0 Å². The summed E-state index contributed by atoms with van der Waals surface area (Å²) in [4.78, 5) is 25.4. The molecule has 0 fully saturated rings. The molecule has 0 saturated carbocycles. The molecule has 2 amide bonds. The number of likely N-dealkylation sites (N-methyl/N-ethyl adjacent to an activating group) is 1. The molecule has 0 aliphatic carbocycles. The lowest BCUT2D eigenvalue weighted by atomic mass is 10.3. The van der Waals surface area contributed by atoms with E-state index in [9.17, 15) is 18.4 Å². The van der Waals surface area contributed by atoms with Crippen LogP contribution in [0.25, 0.3) is 0 Å². The highest BCUT2D eigenvalue weighted by Crippen LogP contribution is 2.31. The largest absolute Gasteiger partial charge is 0.353 e. The van der Waals surface area contributed by atoms with Crippen molar-refractivity contribution < 1.29 is 18.4 Å². The van der Waals surface area contributed by atoms with Gasteiger partial charge in [0, 0.05) is 10.9 Å². The number of benzene rings is 1. The van der Waals surface area contributed by atoms with E-state index in [2.05, 4.69) is 10.6 Å². The Kier molecular flexibility index (Phi) is 7.97. The molecule has 0 aromatic heterocycles. The van der Waals surface area contributed by atoms with E-state index in [1.807, 2.05) is 13.8 Å². The molecule has 0 aliphatic rings. The lowest BCUT2D eigenvalue weighted by Gasteiger charge is -2.17. The van der Waals surface area contributed by atoms with Gasteiger partial charge in [0.15, 0.2) is 0 Å². The van der Waals surface area contributed by atoms with Gasteiger partial charge in [0.25, 0.3) is 5.76 Å². The Morgan fingerprint density at radius 2 is 1.78 bits per heavy atom. The first-order valence-electron chi connectivity index (χ1n) is 7.09. The average Bonchev–Trinajstić information content (AvgIpc) is 2.38. The summed E-state index contributed by atoms with van der Waals surface area (Å²) in [6, 6.07) is 6.40. The molecule has 5 nitrogen and oxygen atoms in total. The van der Waals surface area contributed by atoms with Gasteiger partial charge in [-0.2, -0.15) is 8.78 Å². The van der Waals surface area contributed by atoms with E-state index < -0.39 is 5.76 Å². The molecule has 1 aromatic carbocycles. The first kappa shape index (κ1) is 19.4. The lowest BCUT2D eigenvalue weighted by Crippen LogP contribution is -2.41. The van der Waals surface area contributed by atoms with Gasteiger partial charge in [0.2, 0.25) is 11.8 Å². The van der Waals surface area contributed by atoms with E-state index >= 15 is 0 Å². The smallest absolute Gasteiger partial charge is 0.288 e. The molecular weight excluding hydrogens is 324 g/mol. The van der Waals surface area contributed by atoms with Gasteiger partial charge < -0.3 is 10.6 Å². The van der Waals surface area contributed by atoms with Gasteiger partial charge in [-0.1, -0.05) is 23.9 Å². The molecule has 0 spiro atoms. The van der Waals surface area contributed by atoms with Crippen LogP contribution in [0.5, 0.6) is 0 Å². The van der Waals surface area contributed by atoms with Crippen LogP contribution in [-0.2, 0) is 9.59 Å². The Morgan fingerprint density at radius 3 is 2.39 bits per heavy atom. The van der Waals surface area contributed by atoms with E-state index in [0.29, 0.717) is 22.3 Å². The number of nitrogens with one attached hydrogen (secondary N) is 2. The first-order valence-corrected chi connectivity index (χ1v) is 7.97. The van der Waals surface area contributed by atoms with Gasteiger partial charge in [-0.3, -0.25) is 14.5 Å². The van der Waals surface area contributed by atoms with Gasteiger partial charge in [-0.15, -0.1) is 0 Å². The van der Waals surface area contributed by atoms with Crippen LogP contribution in [0.3, 0.4) is 0 Å². The third kappa shape index (κ3) is 7.94. The van der Waals surface area contributed by atoms with Crippen molar-refractivity contribution in [1.29, 1.82) is 0 Å². The van der Waals surface area contributed by atoms with Gasteiger partial charge in [0.05, 0.1) is 18.8 Å². The van der Waals surface area contributed by atoms with Crippen LogP contribution in [0.1, 0.15) is 13.8 Å². The fraction of sp³-hybridized carbons (Fsp3) is 0.467. The molecule has 0 aliphatic heterocycles. The molecule has 8 heteroatoms. The predicted octanol–water partition coefficient (Wildman–Crippen LogP) is 2.40. The number of hydrogen-bond acceptors (Lipinski definition) is 4. The third-order valence-corrected chi connectivity index (χ3v) is 3.44. The van der Waals surface area contributed by atoms with E-state index in [0.717, 1.165) is 0 Å². The highest BCUT2D eigenvalue weighted by Gasteiger charge is 2.14. The van der Waals surface area contributed by atoms with E-state index in [-0.39, 0.29) is 30.9 Å². The van der Waals surface area contributed by atoms with Crippen LogP contribution in [0.15, 0.2) is 29.2 Å². The molecule has 1 rings (SSSR count). The molecule has 0 atom stereocenters. The molecule has 128 valence electrons. The van der Waals surface area contributed by atoms with Crippen LogP contribution in [-0.4, -0.2) is 48.7 Å². The summed E-state index contributed by atoms with van der Waals surface area (Å²) in [5, 5.41) is 5.32. The normalized spacial score (nSPS) is 11.1. The van der Waals surface area contributed by atoms with Crippen molar-refractivity contribution in [3.63, 3.8) is 0 Å². The van der Waals surface area contributed by atoms with Gasteiger partial charge in [-0.25, -0.2) is 0 Å². The topological polar surface area (TPSA) is 61.4 Å². The number of carbonyl (C=O) groups is 2. The summed E-state index contributed by atoms with van der Waals surface area (Å²) in [5.74, 6) is -3.11. The van der Waals surface area contributed by atoms with Crippen LogP contribution in [0, 0.1) is 0 Å². The molecular formula is C15H21F2N3O2S. The van der Waals surface area contributed by atoms with E-state index in [4.69, 9.17) is 0 Å². The maximum atomic E-state index is 12.5. The van der Waals surface area contributed by atoms with Crippen LogP contribution < -0.4 is 10.6 Å². The summed E-state index contributed by atoms with van der Waals surface area (Å²) >= 11 is 0.378. The molecule has 0 heterocycles. The molecule has 0 saturated heterocycles. The fourth-order valence-corrected chi connectivity index (χ4v) is 2.47. The summed E-state index contributed by atoms with van der Waals surface area (Å²) in [6.07, 6.45) is 0. The maximum Gasteiger partial charge on any atom is 0.288 e. The Labute approximate surface area is 138 Å². The van der Waals surface area contributed by atoms with Crippen LogP contribution in [0.2, 0.25) is 0 Å². The second kappa shape index (κ2) is 9.46. The Hall–Kier alpha value is -1.67. The Balaban J connectivity index is 2.55. The monoisotopic (exact) mass is 345 g/mol. The predicted molar refractivity (Wildman–Crippen MR) is 87.7 cm³/mol. The second-order valence-electron chi connectivity index (χ2n) is 5.32. The minimum absolute atomic E-state index is 0.0147. The minimum atomic E-state index is -2.56. The van der Waals surface area contributed by atoms with Crippen molar-refractivity contribution in [2.45, 2.75) is 30.5 Å². The summed E-state index contributed by atoms with van der Waals surface area (Å²) in [5.41, 5.74) is 0.336. The quantitative estimate of drug-likeness (QED) is 0.710. The van der Waals surface area contributed by atoms with Crippen LogP contribution in [0.4, 0.5) is 14.5 Å². The standard InChI is InChI=1S/C15H21F2N3O2S/c1-10(2)18-13(21)8-20(3)9-14(22)19-11-6-4-5-7-12(11)23-15(16)17/h4-7,10,15H,8-9H2,1-3H3,(H,18,21)(H,19,22). The molecule has 23 heavy (non-hydrogen) atoms. The number of para-hydroxylation sites is 1. The van der Waals surface area contributed by atoms with Gasteiger partial charge in [-0.05, 0) is 33.0 Å². The molecule has 0 unspecified atom stereocenters. The zero-order valence-corrected chi connectivity index (χ0v) is 14.1. The number of nitrogens with zero attached hydrogens (tertiary/aromatic N) is 1. The number of thioether (sulfide) groups is 1. The minimum Gasteiger partial charge on any atom is -0.353 e. The lowest BCUT2D eigenvalue weighted by molar-refractivity contribution is -0.123. The number of hydrogen-bond donors (Lipinski definition) is 2. The molecule has 0 radical (unpaired) electrons. The van der Waals surface area contributed by atoms with Gasteiger partial charge >= 0.3 is 0 Å². The zero-order valence-electron chi connectivity index (χ0n) is 13.3. The second-order valence-corrected chi connectivity index (χ2v) is 6.35. The first-order chi connectivity index (χ1) is 10.8. The van der Waals surface area contributed by atoms with Crippen molar-refractivity contribution in [3.05, 3.63) is 24.3 Å². The number of carbonyl (C=O) groups excluding carboxylic acids is 2. The van der Waals surface area contributed by atoms with Crippen LogP contribution >= 0.6 is 11.8 Å². The third-order valence-electron chi connectivity index (χ3n) is 2.65. The SMILES string of the molecule is CC(C)NC(=O)CN(C)CC(=O)Nc1ccccc1SC(F)F. The molecule has 0 bridgehead atoms. The van der Waals surface area contributed by atoms with Crippen molar-refractivity contribution in [2.75, 3.05) is 25.5 Å². The van der Waals surface area contributed by atoms with Crippen molar-refractivity contribution in [1.82, 2.24) is 10.2 Å². The highest BCUT2D eigenvalue weighted by molar-refractivity contribution is 7.99. The number of rotatable bonds is 8. The number of alkyl halides is 2. The highest BCUT2D eigenvalue weighted by atomic mass is 32.2. The van der Waals surface area contributed by atoms with E-state index in [1.165, 1.54) is 6.07 Å². The fourth-order valence-electron chi connectivity index (χ4n) is 1.87. The Morgan fingerprint density at radius 1 is 1.17 bits per heavy atom. The zero-order chi connectivity index (χ0) is 17.4. The van der Waals surface area contributed by atoms with Gasteiger partial charge in [0.1, 0.15) is 0 Å².